The molecule has 7 nitrogen and oxygen atoms in total. The Kier molecular flexibility index (Phi) is 5.68. The largest absolute Gasteiger partial charge is 0.379 e. The highest BCUT2D eigenvalue weighted by atomic mass is 32.2. The molecule has 1 aromatic rings. The molecule has 0 fully saturated rings. The molecule has 0 aliphatic carbocycles. The van der Waals surface area contributed by atoms with E-state index in [0.29, 0.717) is 6.54 Å². The Bertz CT molecular complexity index is 614. The molecule has 0 unspecified atom stereocenters. The molecule has 0 spiro atoms. The van der Waals surface area contributed by atoms with Gasteiger partial charge < -0.3 is 5.32 Å². The smallest absolute Gasteiger partial charge is 0.292 e. The zero-order chi connectivity index (χ0) is 16.2. The highest BCUT2D eigenvalue weighted by molar-refractivity contribution is 7.89. The Balaban J connectivity index is 3.30. The zero-order valence-corrected chi connectivity index (χ0v) is 13.5. The fourth-order valence-electron chi connectivity index (χ4n) is 1.68. The normalized spacial score (nSPS) is 11.9. The van der Waals surface area contributed by atoms with Gasteiger partial charge in [-0.3, -0.25) is 10.1 Å². The molecule has 1 aromatic carbocycles. The van der Waals surface area contributed by atoms with Crippen LogP contribution in [0.2, 0.25) is 0 Å². The van der Waals surface area contributed by atoms with Crippen molar-refractivity contribution in [2.24, 2.45) is 0 Å². The first kappa shape index (κ1) is 17.4. The molecular weight excluding hydrogens is 294 g/mol. The first-order valence-corrected chi connectivity index (χ1v) is 8.16. The van der Waals surface area contributed by atoms with E-state index < -0.39 is 14.9 Å². The van der Waals surface area contributed by atoms with Gasteiger partial charge in [0.15, 0.2) is 0 Å². The van der Waals surface area contributed by atoms with Gasteiger partial charge in [0.05, 0.1) is 9.82 Å². The van der Waals surface area contributed by atoms with E-state index in [1.165, 1.54) is 29.6 Å². The third kappa shape index (κ3) is 3.92. The predicted octanol–water partition coefficient (Wildman–Crippen LogP) is 2.45. The van der Waals surface area contributed by atoms with Gasteiger partial charge >= 0.3 is 0 Å². The fourth-order valence-corrected chi connectivity index (χ4v) is 3.07. The summed E-state index contributed by atoms with van der Waals surface area (Å²) in [6.07, 6.45) is 0.778. The summed E-state index contributed by atoms with van der Waals surface area (Å²) >= 11 is 0. The lowest BCUT2D eigenvalue weighted by Crippen LogP contribution is -2.33. The van der Waals surface area contributed by atoms with Crippen LogP contribution in [-0.2, 0) is 10.0 Å². The highest BCUT2D eigenvalue weighted by Gasteiger charge is 2.25. The number of nitrogens with one attached hydrogen (secondary N) is 1. The Labute approximate surface area is 125 Å². The summed E-state index contributed by atoms with van der Waals surface area (Å²) in [5.74, 6) is 0. The molecule has 0 heterocycles. The number of nitrogens with zero attached hydrogens (tertiary/aromatic N) is 2. The van der Waals surface area contributed by atoms with Gasteiger partial charge in [-0.25, -0.2) is 8.42 Å². The number of hydrogen-bond acceptors (Lipinski definition) is 5. The van der Waals surface area contributed by atoms with Crippen molar-refractivity contribution in [2.45, 2.75) is 38.1 Å². The van der Waals surface area contributed by atoms with E-state index in [9.17, 15) is 18.5 Å². The third-order valence-electron chi connectivity index (χ3n) is 3.13. The van der Waals surface area contributed by atoms with Gasteiger partial charge in [0.25, 0.3) is 5.69 Å². The molecule has 8 heteroatoms. The average molecular weight is 315 g/mol. The maximum atomic E-state index is 12.4. The fraction of sp³-hybridized carbons (Fsp3) is 0.538. The van der Waals surface area contributed by atoms with Crippen molar-refractivity contribution in [3.05, 3.63) is 28.3 Å². The second kappa shape index (κ2) is 6.86. The van der Waals surface area contributed by atoms with Gasteiger partial charge in [0, 0.05) is 25.7 Å². The molecule has 0 atom stereocenters. The van der Waals surface area contributed by atoms with Crippen LogP contribution >= 0.6 is 0 Å². The maximum absolute atomic E-state index is 12.4. The number of nitro groups is 1. The summed E-state index contributed by atoms with van der Waals surface area (Å²) < 4.78 is 26.1. The standard InChI is InChI=1S/C13H21N3O4S/c1-5-8-14-12-9-11(6-7-13(12)16(17)18)21(19,20)15(4)10(2)3/h6-7,9-10,14H,5,8H2,1-4H3. The van der Waals surface area contributed by atoms with Crippen LogP contribution in [0.5, 0.6) is 0 Å². The second-order valence-electron chi connectivity index (χ2n) is 4.98. The van der Waals surface area contributed by atoms with E-state index in [2.05, 4.69) is 5.32 Å². The van der Waals surface area contributed by atoms with Crippen molar-refractivity contribution in [1.82, 2.24) is 4.31 Å². The van der Waals surface area contributed by atoms with Crippen LogP contribution in [0, 0.1) is 10.1 Å². The van der Waals surface area contributed by atoms with Gasteiger partial charge in [-0.1, -0.05) is 6.92 Å². The zero-order valence-electron chi connectivity index (χ0n) is 12.7. The first-order chi connectivity index (χ1) is 9.71. The molecule has 1 N–H and O–H groups in total. The molecule has 118 valence electrons. The summed E-state index contributed by atoms with van der Waals surface area (Å²) in [6.45, 7) is 5.98. The highest BCUT2D eigenvalue weighted by Crippen LogP contribution is 2.29. The van der Waals surface area contributed by atoms with E-state index in [0.717, 1.165) is 6.42 Å². The topological polar surface area (TPSA) is 92.6 Å². The van der Waals surface area contributed by atoms with Crippen LogP contribution < -0.4 is 5.32 Å². The van der Waals surface area contributed by atoms with Crippen LogP contribution in [0.25, 0.3) is 0 Å². The van der Waals surface area contributed by atoms with Crippen molar-refractivity contribution in [2.75, 3.05) is 18.9 Å². The molecule has 0 aromatic heterocycles. The number of sulfonamides is 1. The summed E-state index contributed by atoms with van der Waals surface area (Å²) in [7, 11) is -2.17. The van der Waals surface area contributed by atoms with Crippen LogP contribution in [0.1, 0.15) is 27.2 Å². The predicted molar refractivity (Wildman–Crippen MR) is 82.0 cm³/mol. The molecular formula is C13H21N3O4S. The quantitative estimate of drug-likeness (QED) is 0.616. The van der Waals surface area contributed by atoms with Gasteiger partial charge in [-0.05, 0) is 32.4 Å². The summed E-state index contributed by atoms with van der Waals surface area (Å²) in [5, 5.41) is 13.9. The minimum Gasteiger partial charge on any atom is -0.379 e. The molecule has 0 amide bonds. The average Bonchev–Trinajstić information content (AvgIpc) is 2.43. The molecule has 1 rings (SSSR count). The van der Waals surface area contributed by atoms with Crippen molar-refractivity contribution >= 4 is 21.4 Å². The van der Waals surface area contributed by atoms with Crippen LogP contribution in [0.4, 0.5) is 11.4 Å². The van der Waals surface area contributed by atoms with Crippen molar-refractivity contribution in [1.29, 1.82) is 0 Å². The van der Waals surface area contributed by atoms with E-state index in [-0.39, 0.29) is 22.3 Å². The molecule has 0 aliphatic heterocycles. The monoisotopic (exact) mass is 315 g/mol. The Hall–Kier alpha value is -1.67. The minimum absolute atomic E-state index is 0.0444. The van der Waals surface area contributed by atoms with Gasteiger partial charge in [0.2, 0.25) is 10.0 Å². The van der Waals surface area contributed by atoms with E-state index >= 15 is 0 Å². The molecule has 0 bridgehead atoms. The Morgan fingerprint density at radius 3 is 2.48 bits per heavy atom. The number of anilines is 1. The first-order valence-electron chi connectivity index (χ1n) is 6.72. The van der Waals surface area contributed by atoms with Crippen molar-refractivity contribution < 1.29 is 13.3 Å². The Morgan fingerprint density at radius 2 is 2.00 bits per heavy atom. The van der Waals surface area contributed by atoms with Gasteiger partial charge in [-0.15, -0.1) is 0 Å². The van der Waals surface area contributed by atoms with Crippen LogP contribution in [-0.4, -0.2) is 37.3 Å². The second-order valence-corrected chi connectivity index (χ2v) is 6.98. The molecule has 21 heavy (non-hydrogen) atoms. The SMILES string of the molecule is CCCNc1cc(S(=O)(=O)N(C)C(C)C)ccc1[N+](=O)[O-]. The summed E-state index contributed by atoms with van der Waals surface area (Å²) in [5.41, 5.74) is 0.0923. The van der Waals surface area contributed by atoms with E-state index in [4.69, 9.17) is 0 Å². The van der Waals surface area contributed by atoms with Crippen LogP contribution in [0.15, 0.2) is 23.1 Å². The van der Waals surface area contributed by atoms with Gasteiger partial charge in [-0.2, -0.15) is 4.31 Å². The molecule has 0 saturated carbocycles. The molecule has 0 saturated heterocycles. The number of hydrogen-bond donors (Lipinski definition) is 1. The number of benzene rings is 1. The summed E-state index contributed by atoms with van der Waals surface area (Å²) in [6, 6.07) is 3.61. The number of nitro benzene ring substituents is 1. The van der Waals surface area contributed by atoms with Crippen molar-refractivity contribution in [3.8, 4) is 0 Å². The summed E-state index contributed by atoms with van der Waals surface area (Å²) in [4.78, 5) is 10.5. The number of rotatable bonds is 7. The lowest BCUT2D eigenvalue weighted by Gasteiger charge is -2.21. The van der Waals surface area contributed by atoms with Crippen LogP contribution in [0.3, 0.4) is 0 Å². The Morgan fingerprint density at radius 1 is 1.38 bits per heavy atom. The molecule has 0 aliphatic rings. The van der Waals surface area contributed by atoms with E-state index in [1.807, 2.05) is 6.92 Å². The minimum atomic E-state index is -3.66. The van der Waals surface area contributed by atoms with Crippen molar-refractivity contribution in [3.63, 3.8) is 0 Å². The lowest BCUT2D eigenvalue weighted by atomic mass is 10.2. The lowest BCUT2D eigenvalue weighted by molar-refractivity contribution is -0.384. The third-order valence-corrected chi connectivity index (χ3v) is 5.16. The van der Waals surface area contributed by atoms with E-state index in [1.54, 1.807) is 13.8 Å². The molecule has 0 radical (unpaired) electrons. The maximum Gasteiger partial charge on any atom is 0.292 e. The van der Waals surface area contributed by atoms with Gasteiger partial charge in [0.1, 0.15) is 5.69 Å².